The number of nitrogens with zero attached hydrogens (tertiary/aromatic N) is 5. The summed E-state index contributed by atoms with van der Waals surface area (Å²) < 4.78 is 16.0. The first-order valence-electron chi connectivity index (χ1n) is 10.3. The summed E-state index contributed by atoms with van der Waals surface area (Å²) in [6.45, 7) is 8.43. The van der Waals surface area contributed by atoms with Crippen molar-refractivity contribution in [3.8, 4) is 5.69 Å². The second kappa shape index (κ2) is 9.09. The standard InChI is InChI=1S/C23H26FN5OS/c1-16-8-9-17(2)21(14-16)29-18(3)25-26-23(29)31-15-22(30)28-12-10-27(11-13-28)20-7-5-4-6-19(20)24/h4-9,14H,10-13,15H2,1-3H3. The third-order valence-corrected chi connectivity index (χ3v) is 6.46. The van der Waals surface area contributed by atoms with Crippen LogP contribution in [0.3, 0.4) is 0 Å². The van der Waals surface area contributed by atoms with E-state index in [1.165, 1.54) is 17.8 Å². The lowest BCUT2D eigenvalue weighted by Gasteiger charge is -2.36. The number of para-hydroxylation sites is 1. The van der Waals surface area contributed by atoms with Crippen molar-refractivity contribution < 1.29 is 9.18 Å². The molecule has 0 N–H and O–H groups in total. The van der Waals surface area contributed by atoms with Crippen molar-refractivity contribution in [1.29, 1.82) is 0 Å². The van der Waals surface area contributed by atoms with E-state index in [1.807, 2.05) is 27.4 Å². The third-order valence-electron chi connectivity index (χ3n) is 5.55. The van der Waals surface area contributed by atoms with Gasteiger partial charge in [-0.05, 0) is 50.1 Å². The Morgan fingerprint density at radius 2 is 1.74 bits per heavy atom. The molecule has 1 amide bonds. The van der Waals surface area contributed by atoms with Gasteiger partial charge in [0.2, 0.25) is 5.91 Å². The number of carbonyl (C=O) groups is 1. The molecule has 1 aliphatic heterocycles. The van der Waals surface area contributed by atoms with E-state index in [4.69, 9.17) is 0 Å². The van der Waals surface area contributed by atoms with Crippen LogP contribution >= 0.6 is 11.8 Å². The van der Waals surface area contributed by atoms with Crippen molar-refractivity contribution in [3.05, 3.63) is 65.2 Å². The van der Waals surface area contributed by atoms with Gasteiger partial charge in [0.15, 0.2) is 5.16 Å². The summed E-state index contributed by atoms with van der Waals surface area (Å²) in [6, 6.07) is 13.0. The molecule has 8 heteroatoms. The van der Waals surface area contributed by atoms with Crippen LogP contribution in [0.1, 0.15) is 17.0 Å². The minimum absolute atomic E-state index is 0.0614. The van der Waals surface area contributed by atoms with Gasteiger partial charge in [-0.15, -0.1) is 10.2 Å². The largest absolute Gasteiger partial charge is 0.366 e. The normalized spacial score (nSPS) is 14.2. The van der Waals surface area contributed by atoms with Gasteiger partial charge in [0, 0.05) is 26.2 Å². The molecule has 1 saturated heterocycles. The monoisotopic (exact) mass is 439 g/mol. The molecule has 3 aromatic rings. The second-order valence-corrected chi connectivity index (χ2v) is 8.71. The van der Waals surface area contributed by atoms with Crippen LogP contribution in [0.2, 0.25) is 0 Å². The Labute approximate surface area is 186 Å². The Morgan fingerprint density at radius 1 is 1.00 bits per heavy atom. The molecule has 162 valence electrons. The van der Waals surface area contributed by atoms with Gasteiger partial charge in [0.05, 0.1) is 17.1 Å². The van der Waals surface area contributed by atoms with Gasteiger partial charge in [-0.3, -0.25) is 9.36 Å². The van der Waals surface area contributed by atoms with Crippen LogP contribution in [-0.4, -0.2) is 57.5 Å². The van der Waals surface area contributed by atoms with Gasteiger partial charge >= 0.3 is 0 Å². The predicted octanol–water partition coefficient (Wildman–Crippen LogP) is 3.77. The number of carbonyl (C=O) groups excluding carboxylic acids is 1. The fourth-order valence-corrected chi connectivity index (χ4v) is 4.69. The highest BCUT2D eigenvalue weighted by Gasteiger charge is 2.23. The average Bonchev–Trinajstić information content (AvgIpc) is 3.14. The molecule has 0 aliphatic carbocycles. The molecule has 1 fully saturated rings. The number of rotatable bonds is 5. The zero-order valence-corrected chi connectivity index (χ0v) is 18.8. The molecule has 0 radical (unpaired) electrons. The van der Waals surface area contributed by atoms with Crippen LogP contribution in [0.15, 0.2) is 47.6 Å². The summed E-state index contributed by atoms with van der Waals surface area (Å²) in [5.74, 6) is 0.926. The van der Waals surface area contributed by atoms with Crippen LogP contribution in [0, 0.1) is 26.6 Å². The Bertz CT molecular complexity index is 1090. The maximum Gasteiger partial charge on any atom is 0.233 e. The zero-order valence-electron chi connectivity index (χ0n) is 18.0. The van der Waals surface area contributed by atoms with E-state index < -0.39 is 0 Å². The summed E-state index contributed by atoms with van der Waals surface area (Å²) in [4.78, 5) is 16.6. The summed E-state index contributed by atoms with van der Waals surface area (Å²) >= 11 is 1.40. The number of aromatic nitrogens is 3. The molecule has 4 rings (SSSR count). The fraction of sp³-hybridized carbons (Fsp3) is 0.348. The minimum atomic E-state index is -0.223. The van der Waals surface area contributed by atoms with Gasteiger partial charge in [-0.25, -0.2) is 4.39 Å². The number of piperazine rings is 1. The molecular formula is C23H26FN5OS. The number of hydrogen-bond donors (Lipinski definition) is 0. The maximum absolute atomic E-state index is 14.0. The molecule has 31 heavy (non-hydrogen) atoms. The number of halogens is 1. The molecule has 0 spiro atoms. The minimum Gasteiger partial charge on any atom is -0.366 e. The first kappa shape index (κ1) is 21.4. The number of aryl methyl sites for hydroxylation is 3. The lowest BCUT2D eigenvalue weighted by Crippen LogP contribution is -2.49. The summed E-state index contributed by atoms with van der Waals surface area (Å²) in [6.07, 6.45) is 0. The van der Waals surface area contributed by atoms with E-state index in [0.29, 0.717) is 42.8 Å². The van der Waals surface area contributed by atoms with Crippen molar-refractivity contribution in [2.75, 3.05) is 36.8 Å². The van der Waals surface area contributed by atoms with Crippen molar-refractivity contribution in [2.45, 2.75) is 25.9 Å². The van der Waals surface area contributed by atoms with Gasteiger partial charge in [-0.1, -0.05) is 36.0 Å². The SMILES string of the molecule is Cc1ccc(C)c(-n2c(C)nnc2SCC(=O)N2CCN(c3ccccc3F)CC2)c1. The molecule has 2 aromatic carbocycles. The van der Waals surface area contributed by atoms with Crippen molar-refractivity contribution in [3.63, 3.8) is 0 Å². The summed E-state index contributed by atoms with van der Waals surface area (Å²) in [5.41, 5.74) is 3.93. The van der Waals surface area contributed by atoms with E-state index in [-0.39, 0.29) is 11.7 Å². The Hall–Kier alpha value is -2.87. The maximum atomic E-state index is 14.0. The quantitative estimate of drug-likeness (QED) is 0.567. The van der Waals surface area contributed by atoms with E-state index >= 15 is 0 Å². The molecule has 0 bridgehead atoms. The second-order valence-electron chi connectivity index (χ2n) is 7.76. The van der Waals surface area contributed by atoms with Gasteiger partial charge < -0.3 is 9.80 Å². The fourth-order valence-electron chi connectivity index (χ4n) is 3.80. The highest BCUT2D eigenvalue weighted by molar-refractivity contribution is 7.99. The van der Waals surface area contributed by atoms with Crippen LogP contribution in [0.4, 0.5) is 10.1 Å². The number of hydrogen-bond acceptors (Lipinski definition) is 5. The summed E-state index contributed by atoms with van der Waals surface area (Å²) in [7, 11) is 0. The van der Waals surface area contributed by atoms with Crippen LogP contribution in [-0.2, 0) is 4.79 Å². The molecule has 2 heterocycles. The molecule has 1 aliphatic rings. The average molecular weight is 440 g/mol. The van der Waals surface area contributed by atoms with E-state index in [2.05, 4.69) is 42.2 Å². The number of amides is 1. The smallest absolute Gasteiger partial charge is 0.233 e. The highest BCUT2D eigenvalue weighted by atomic mass is 32.2. The van der Waals surface area contributed by atoms with Gasteiger partial charge in [0.25, 0.3) is 0 Å². The Morgan fingerprint density at radius 3 is 2.48 bits per heavy atom. The van der Waals surface area contributed by atoms with Gasteiger partial charge in [0.1, 0.15) is 11.6 Å². The third kappa shape index (κ3) is 4.58. The molecule has 0 saturated carbocycles. The van der Waals surface area contributed by atoms with Gasteiger partial charge in [-0.2, -0.15) is 0 Å². The first-order chi connectivity index (χ1) is 14.9. The Kier molecular flexibility index (Phi) is 6.27. The zero-order chi connectivity index (χ0) is 22.0. The van der Waals surface area contributed by atoms with E-state index in [9.17, 15) is 9.18 Å². The van der Waals surface area contributed by atoms with Crippen molar-refractivity contribution >= 4 is 23.4 Å². The topological polar surface area (TPSA) is 54.3 Å². The Balaban J connectivity index is 1.39. The van der Waals surface area contributed by atoms with Crippen LogP contribution < -0.4 is 4.90 Å². The molecule has 6 nitrogen and oxygen atoms in total. The van der Waals surface area contributed by atoms with Crippen LogP contribution in [0.25, 0.3) is 5.69 Å². The van der Waals surface area contributed by atoms with E-state index in [0.717, 1.165) is 22.6 Å². The molecule has 0 atom stereocenters. The lowest BCUT2D eigenvalue weighted by molar-refractivity contribution is -0.128. The molecule has 1 aromatic heterocycles. The first-order valence-corrected chi connectivity index (χ1v) is 11.3. The number of anilines is 1. The predicted molar refractivity (Wildman–Crippen MR) is 121 cm³/mol. The summed E-state index contributed by atoms with van der Waals surface area (Å²) in [5, 5.41) is 9.24. The highest BCUT2D eigenvalue weighted by Crippen LogP contribution is 2.26. The molecule has 0 unspecified atom stereocenters. The lowest BCUT2D eigenvalue weighted by atomic mass is 10.1. The van der Waals surface area contributed by atoms with E-state index in [1.54, 1.807) is 12.1 Å². The van der Waals surface area contributed by atoms with Crippen molar-refractivity contribution in [1.82, 2.24) is 19.7 Å². The van der Waals surface area contributed by atoms with Crippen molar-refractivity contribution in [2.24, 2.45) is 0 Å². The number of benzene rings is 2. The van der Waals surface area contributed by atoms with Crippen LogP contribution in [0.5, 0.6) is 0 Å². The molecular weight excluding hydrogens is 413 g/mol. The number of thioether (sulfide) groups is 1.